The molecule has 8 nitrogen and oxygen atoms in total. The molecule has 304 valence electrons. The highest BCUT2D eigenvalue weighted by atomic mass is 16.6. The number of likely N-dealkylation sites (N-methyl/N-ethyl adjacent to an activating group) is 1. The maximum absolute atomic E-state index is 12.7. The van der Waals surface area contributed by atoms with Crippen LogP contribution >= 0.6 is 0 Å². The molecular formula is C45H78NO7+. The van der Waals surface area contributed by atoms with Crippen molar-refractivity contribution in [2.45, 2.75) is 167 Å². The van der Waals surface area contributed by atoms with E-state index in [1.165, 1.54) is 57.8 Å². The van der Waals surface area contributed by atoms with Crippen LogP contribution in [0.3, 0.4) is 0 Å². The molecule has 0 fully saturated rings. The summed E-state index contributed by atoms with van der Waals surface area (Å²) >= 11 is 0. The lowest BCUT2D eigenvalue weighted by Gasteiger charge is -2.31. The molecule has 8 heteroatoms. The molecule has 0 aliphatic heterocycles. The van der Waals surface area contributed by atoms with Gasteiger partial charge in [0.2, 0.25) is 0 Å². The minimum absolute atomic E-state index is 0.0426. The van der Waals surface area contributed by atoms with Gasteiger partial charge in [-0.25, -0.2) is 4.79 Å². The summed E-state index contributed by atoms with van der Waals surface area (Å²) in [6.45, 7) is 4.53. The fraction of sp³-hybridized carbons (Fsp3) is 0.711. The summed E-state index contributed by atoms with van der Waals surface area (Å²) in [5, 5.41) is 9.60. The molecule has 0 heterocycles. The number of aliphatic carboxylic acids is 1. The summed E-state index contributed by atoms with van der Waals surface area (Å²) in [7, 11) is 5.50. The first-order valence-corrected chi connectivity index (χ1v) is 20.9. The number of esters is 2. The van der Waals surface area contributed by atoms with Crippen LogP contribution < -0.4 is 0 Å². The molecule has 2 atom stereocenters. The average molecular weight is 745 g/mol. The van der Waals surface area contributed by atoms with E-state index >= 15 is 0 Å². The Morgan fingerprint density at radius 2 is 1.08 bits per heavy atom. The first-order chi connectivity index (χ1) is 25.6. The van der Waals surface area contributed by atoms with E-state index in [1.807, 2.05) is 57.6 Å². The van der Waals surface area contributed by atoms with Gasteiger partial charge in [0.1, 0.15) is 6.61 Å². The average Bonchev–Trinajstić information content (AvgIpc) is 3.11. The van der Waals surface area contributed by atoms with E-state index < -0.39 is 18.1 Å². The molecule has 0 amide bonds. The lowest BCUT2D eigenvalue weighted by Crippen LogP contribution is -2.50. The number of carbonyl (C=O) groups excluding carboxylic acids is 2. The van der Waals surface area contributed by atoms with Crippen LogP contribution in [-0.4, -0.2) is 80.6 Å². The standard InChI is InChI=1S/C45H77NO7/c1-6-8-10-12-14-16-18-20-21-22-24-26-28-30-32-34-36-44(48)53-41(39-51-38-37-42(45(49)50)46(3,4)5)40-52-43(47)35-33-31-29-27-25-23-19-17-15-13-11-9-7-2/h9,11,13,15,17,19,21-23,25,41-42H,6-8,10,12,14,16,18,20,24,26-40H2,1-5H3/p+1/b11-9+,15-13+,19-17+,22-21+,25-23+. The smallest absolute Gasteiger partial charge is 0.362 e. The number of rotatable bonds is 36. The molecular weight excluding hydrogens is 666 g/mol. The van der Waals surface area contributed by atoms with Crippen LogP contribution in [-0.2, 0) is 28.6 Å². The maximum Gasteiger partial charge on any atom is 0.362 e. The van der Waals surface area contributed by atoms with Gasteiger partial charge in [0.05, 0.1) is 34.4 Å². The van der Waals surface area contributed by atoms with Crippen LogP contribution in [0.4, 0.5) is 0 Å². The molecule has 1 N–H and O–H groups in total. The molecule has 0 rings (SSSR count). The minimum atomic E-state index is -0.885. The van der Waals surface area contributed by atoms with Crippen LogP contribution in [0.1, 0.15) is 155 Å². The van der Waals surface area contributed by atoms with Crippen molar-refractivity contribution in [2.75, 3.05) is 41.0 Å². The van der Waals surface area contributed by atoms with Crippen molar-refractivity contribution in [3.8, 4) is 0 Å². The molecule has 0 saturated heterocycles. The van der Waals surface area contributed by atoms with Crippen LogP contribution in [0.25, 0.3) is 0 Å². The Kier molecular flexibility index (Phi) is 34.0. The highest BCUT2D eigenvalue weighted by Gasteiger charge is 2.31. The van der Waals surface area contributed by atoms with Gasteiger partial charge in [0.15, 0.2) is 12.1 Å². The molecule has 0 aromatic carbocycles. The third-order valence-corrected chi connectivity index (χ3v) is 9.00. The zero-order chi connectivity index (χ0) is 39.3. The van der Waals surface area contributed by atoms with Gasteiger partial charge >= 0.3 is 17.9 Å². The lowest BCUT2D eigenvalue weighted by atomic mass is 10.1. The Labute approximate surface area is 324 Å². The summed E-state index contributed by atoms with van der Waals surface area (Å²) < 4.78 is 17.2. The molecule has 0 bridgehead atoms. The van der Waals surface area contributed by atoms with Crippen LogP contribution in [0.5, 0.6) is 0 Å². The first kappa shape index (κ1) is 50.0. The molecule has 0 aliphatic rings. The number of carboxylic acids is 1. The van der Waals surface area contributed by atoms with E-state index in [1.54, 1.807) is 0 Å². The number of allylic oxidation sites excluding steroid dienone is 10. The van der Waals surface area contributed by atoms with E-state index in [9.17, 15) is 19.5 Å². The number of ether oxygens (including phenoxy) is 3. The monoisotopic (exact) mass is 745 g/mol. The second-order valence-corrected chi connectivity index (χ2v) is 15.0. The van der Waals surface area contributed by atoms with Crippen molar-refractivity contribution in [1.82, 2.24) is 0 Å². The van der Waals surface area contributed by atoms with Gasteiger partial charge in [0, 0.05) is 19.3 Å². The Bertz CT molecular complexity index is 1050. The lowest BCUT2D eigenvalue weighted by molar-refractivity contribution is -0.887. The zero-order valence-electron chi connectivity index (χ0n) is 34.4. The SMILES string of the molecule is CC/C=C/C=C/C=C/C=C/CCCCCC(=O)OCC(COCCC(C(=O)O)[N+](C)(C)C)OC(=O)CCCCCCC/C=C/CCCCCCCCC. The first-order valence-electron chi connectivity index (χ1n) is 20.9. The summed E-state index contributed by atoms with van der Waals surface area (Å²) in [6.07, 6.45) is 42.6. The largest absolute Gasteiger partial charge is 0.477 e. The van der Waals surface area contributed by atoms with Crippen molar-refractivity contribution in [3.05, 3.63) is 60.8 Å². The third kappa shape index (κ3) is 34.5. The van der Waals surface area contributed by atoms with Crippen LogP contribution in [0.15, 0.2) is 60.8 Å². The number of hydrogen-bond acceptors (Lipinski definition) is 6. The van der Waals surface area contributed by atoms with Gasteiger partial charge in [0.25, 0.3) is 0 Å². The summed E-state index contributed by atoms with van der Waals surface area (Å²) in [5.41, 5.74) is 0. The Morgan fingerprint density at radius 1 is 0.585 bits per heavy atom. The minimum Gasteiger partial charge on any atom is -0.477 e. The van der Waals surface area contributed by atoms with E-state index in [2.05, 4.69) is 38.2 Å². The second-order valence-electron chi connectivity index (χ2n) is 15.0. The van der Waals surface area contributed by atoms with E-state index in [4.69, 9.17) is 14.2 Å². The maximum atomic E-state index is 12.7. The fourth-order valence-electron chi connectivity index (χ4n) is 5.74. The van der Waals surface area contributed by atoms with Crippen molar-refractivity contribution in [1.29, 1.82) is 0 Å². The number of hydrogen-bond donors (Lipinski definition) is 1. The zero-order valence-corrected chi connectivity index (χ0v) is 34.4. The van der Waals surface area contributed by atoms with Crippen molar-refractivity contribution in [3.63, 3.8) is 0 Å². The molecule has 0 spiro atoms. The molecule has 0 saturated carbocycles. The van der Waals surface area contributed by atoms with E-state index in [0.29, 0.717) is 19.3 Å². The normalized spacial score (nSPS) is 13.6. The topological polar surface area (TPSA) is 99.1 Å². The van der Waals surface area contributed by atoms with Gasteiger partial charge < -0.3 is 23.8 Å². The number of carboxylic acid groups (broad SMARTS) is 1. The molecule has 0 aromatic heterocycles. The van der Waals surface area contributed by atoms with Gasteiger partial charge in [-0.1, -0.05) is 139 Å². The molecule has 53 heavy (non-hydrogen) atoms. The summed E-state index contributed by atoms with van der Waals surface area (Å²) in [5.74, 6) is -1.54. The summed E-state index contributed by atoms with van der Waals surface area (Å²) in [4.78, 5) is 36.9. The highest BCUT2D eigenvalue weighted by Crippen LogP contribution is 2.13. The second kappa shape index (κ2) is 36.0. The number of nitrogens with zero attached hydrogens (tertiary/aromatic N) is 1. The quantitative estimate of drug-likeness (QED) is 0.0224. The Morgan fingerprint density at radius 3 is 1.64 bits per heavy atom. The molecule has 0 radical (unpaired) electrons. The molecule has 0 aliphatic carbocycles. The van der Waals surface area contributed by atoms with Crippen molar-refractivity contribution in [2.24, 2.45) is 0 Å². The number of unbranched alkanes of at least 4 members (excludes halogenated alkanes) is 15. The van der Waals surface area contributed by atoms with Gasteiger partial charge in [-0.2, -0.15) is 0 Å². The van der Waals surface area contributed by atoms with E-state index in [0.717, 1.165) is 64.2 Å². The van der Waals surface area contributed by atoms with Gasteiger partial charge in [-0.15, -0.1) is 0 Å². The third-order valence-electron chi connectivity index (χ3n) is 9.00. The van der Waals surface area contributed by atoms with Gasteiger partial charge in [-0.3, -0.25) is 9.59 Å². The summed E-state index contributed by atoms with van der Waals surface area (Å²) in [6, 6.07) is -0.623. The molecule has 2 unspecified atom stereocenters. The van der Waals surface area contributed by atoms with Crippen LogP contribution in [0, 0.1) is 0 Å². The van der Waals surface area contributed by atoms with E-state index in [-0.39, 0.29) is 36.2 Å². The number of quaternary nitrogens is 1. The Balaban J connectivity index is 4.45. The predicted octanol–water partition coefficient (Wildman–Crippen LogP) is 11.0. The van der Waals surface area contributed by atoms with Crippen LogP contribution in [0.2, 0.25) is 0 Å². The highest BCUT2D eigenvalue weighted by molar-refractivity contribution is 5.72. The predicted molar refractivity (Wildman–Crippen MR) is 220 cm³/mol. The van der Waals surface area contributed by atoms with Crippen molar-refractivity contribution >= 4 is 17.9 Å². The van der Waals surface area contributed by atoms with Gasteiger partial charge in [-0.05, 0) is 57.8 Å². The molecule has 0 aromatic rings. The fourth-order valence-corrected chi connectivity index (χ4v) is 5.74. The Hall–Kier alpha value is -2.97. The van der Waals surface area contributed by atoms with Crippen molar-refractivity contribution < 1.29 is 38.2 Å². The number of carbonyl (C=O) groups is 3.